The van der Waals surface area contributed by atoms with Crippen LogP contribution in [0.3, 0.4) is 0 Å². The smallest absolute Gasteiger partial charge is 0.209 e. The van der Waals surface area contributed by atoms with Crippen LogP contribution in [0.5, 0.6) is 0 Å². The van der Waals surface area contributed by atoms with Gasteiger partial charge in [0.25, 0.3) is 0 Å². The maximum absolute atomic E-state index is 5.53. The molecule has 0 radical (unpaired) electrons. The minimum Gasteiger partial charge on any atom is -0.329 e. The van der Waals surface area contributed by atoms with Crippen LogP contribution in [0, 0.1) is 0 Å². The number of imidazole rings is 1. The molecule has 0 atom stereocenters. The van der Waals surface area contributed by atoms with Crippen molar-refractivity contribution < 1.29 is 0 Å². The first kappa shape index (κ1) is 13.8. The number of thioether (sulfide) groups is 1. The van der Waals surface area contributed by atoms with Crippen molar-refractivity contribution in [2.75, 3.05) is 6.54 Å². The first-order valence-electron chi connectivity index (χ1n) is 6.53. The first-order chi connectivity index (χ1) is 10.4. The van der Waals surface area contributed by atoms with E-state index in [1.54, 1.807) is 29.0 Å². The molecule has 0 saturated carbocycles. The van der Waals surface area contributed by atoms with E-state index in [4.69, 9.17) is 5.73 Å². The van der Waals surface area contributed by atoms with Gasteiger partial charge in [0.15, 0.2) is 0 Å². The van der Waals surface area contributed by atoms with Crippen LogP contribution in [0.1, 0.15) is 5.56 Å². The molecule has 0 amide bonds. The zero-order valence-corrected chi connectivity index (χ0v) is 12.1. The highest BCUT2D eigenvalue weighted by Gasteiger charge is 2.06. The van der Waals surface area contributed by atoms with E-state index in [2.05, 4.69) is 44.8 Å². The first-order valence-corrected chi connectivity index (χ1v) is 7.51. The molecule has 0 unspecified atom stereocenters. The molecule has 8 heteroatoms. The van der Waals surface area contributed by atoms with E-state index >= 15 is 0 Å². The van der Waals surface area contributed by atoms with E-state index in [9.17, 15) is 0 Å². The lowest BCUT2D eigenvalue weighted by atomic mass is 10.2. The highest BCUT2D eigenvalue weighted by Crippen LogP contribution is 2.20. The van der Waals surface area contributed by atoms with Crippen molar-refractivity contribution in [2.24, 2.45) is 5.73 Å². The van der Waals surface area contributed by atoms with Gasteiger partial charge in [-0.15, -0.1) is 5.10 Å². The summed E-state index contributed by atoms with van der Waals surface area (Å²) >= 11 is 1.60. The number of nitrogens with two attached hydrogens (primary N) is 1. The Morgan fingerprint density at radius 3 is 2.76 bits per heavy atom. The number of rotatable bonds is 6. The van der Waals surface area contributed by atoms with E-state index in [1.807, 2.05) is 10.8 Å². The maximum atomic E-state index is 5.53. The van der Waals surface area contributed by atoms with E-state index in [1.165, 1.54) is 5.56 Å². The number of hydrogen-bond donors (Lipinski definition) is 1. The summed E-state index contributed by atoms with van der Waals surface area (Å²) in [7, 11) is 0. The van der Waals surface area contributed by atoms with Crippen molar-refractivity contribution in [1.29, 1.82) is 0 Å². The summed E-state index contributed by atoms with van der Waals surface area (Å²) < 4.78 is 3.70. The van der Waals surface area contributed by atoms with Gasteiger partial charge < -0.3 is 10.3 Å². The largest absolute Gasteiger partial charge is 0.329 e. The van der Waals surface area contributed by atoms with Crippen LogP contribution < -0.4 is 5.73 Å². The molecule has 0 aliphatic heterocycles. The fraction of sp³-hybridized carbons (Fsp3) is 0.231. The number of benzene rings is 1. The molecule has 21 heavy (non-hydrogen) atoms. The fourth-order valence-electron chi connectivity index (χ4n) is 1.89. The topological polar surface area (TPSA) is 87.4 Å². The molecule has 0 aliphatic carbocycles. The molecule has 2 N–H and O–H groups in total. The van der Waals surface area contributed by atoms with Crippen molar-refractivity contribution in [3.63, 3.8) is 0 Å². The lowest BCUT2D eigenvalue weighted by Crippen LogP contribution is -2.12. The second-order valence-corrected chi connectivity index (χ2v) is 5.34. The average molecular weight is 301 g/mol. The molecule has 2 heterocycles. The Balaban J connectivity index is 1.64. The minimum absolute atomic E-state index is 0.526. The predicted molar refractivity (Wildman–Crippen MR) is 80.0 cm³/mol. The molecule has 2 aromatic heterocycles. The van der Waals surface area contributed by atoms with Crippen molar-refractivity contribution in [2.45, 2.75) is 17.5 Å². The third kappa shape index (κ3) is 3.29. The van der Waals surface area contributed by atoms with Gasteiger partial charge in [-0.1, -0.05) is 23.9 Å². The monoisotopic (exact) mass is 301 g/mol. The van der Waals surface area contributed by atoms with Gasteiger partial charge in [0.2, 0.25) is 5.16 Å². The summed E-state index contributed by atoms with van der Waals surface area (Å²) in [4.78, 5) is 4.04. The molecule has 108 valence electrons. The van der Waals surface area contributed by atoms with Gasteiger partial charge in [-0.25, -0.2) is 9.67 Å². The second kappa shape index (κ2) is 6.51. The summed E-state index contributed by atoms with van der Waals surface area (Å²) in [6, 6.07) is 8.33. The van der Waals surface area contributed by atoms with Gasteiger partial charge in [0.05, 0.1) is 12.9 Å². The molecule has 0 spiro atoms. The summed E-state index contributed by atoms with van der Waals surface area (Å²) in [5, 5.41) is 12.4. The Bertz CT molecular complexity index is 675. The summed E-state index contributed by atoms with van der Waals surface area (Å²) in [5.74, 6) is 0.815. The highest BCUT2D eigenvalue weighted by molar-refractivity contribution is 7.98. The van der Waals surface area contributed by atoms with Crippen molar-refractivity contribution in [3.8, 4) is 5.69 Å². The lowest BCUT2D eigenvalue weighted by molar-refractivity contribution is 0.557. The molecular formula is C13H15N7S. The molecule has 3 rings (SSSR count). The Morgan fingerprint density at radius 2 is 2.05 bits per heavy atom. The Morgan fingerprint density at radius 1 is 1.19 bits per heavy atom. The molecule has 0 saturated heterocycles. The predicted octanol–water partition coefficient (Wildman–Crippen LogP) is 1.11. The third-order valence-corrected chi connectivity index (χ3v) is 3.98. The van der Waals surface area contributed by atoms with Crippen LogP contribution in [0.25, 0.3) is 5.69 Å². The molecular weight excluding hydrogens is 286 g/mol. The van der Waals surface area contributed by atoms with E-state index in [0.717, 1.165) is 16.6 Å². The van der Waals surface area contributed by atoms with Crippen molar-refractivity contribution in [3.05, 3.63) is 48.5 Å². The Hall–Kier alpha value is -2.19. The Kier molecular flexibility index (Phi) is 4.27. The van der Waals surface area contributed by atoms with Crippen LogP contribution in [0.2, 0.25) is 0 Å². The second-order valence-electron chi connectivity index (χ2n) is 4.40. The number of aromatic nitrogens is 6. The average Bonchev–Trinajstić information content (AvgIpc) is 3.18. The van der Waals surface area contributed by atoms with Crippen molar-refractivity contribution >= 4 is 11.8 Å². The molecule has 0 aliphatic rings. The standard InChI is InChI=1S/C13H15N7S/c14-5-7-20-13(16-17-18-20)21-9-11-1-3-12(4-2-11)19-8-6-15-10-19/h1-4,6,8,10H,5,7,9,14H2. The van der Waals surface area contributed by atoms with Crippen LogP contribution in [0.4, 0.5) is 0 Å². The SMILES string of the molecule is NCCn1nnnc1SCc1ccc(-n2ccnc2)cc1. The third-order valence-electron chi connectivity index (χ3n) is 2.95. The molecule has 7 nitrogen and oxygen atoms in total. The van der Waals surface area contributed by atoms with E-state index in [0.29, 0.717) is 13.1 Å². The number of hydrogen-bond acceptors (Lipinski definition) is 6. The zero-order chi connectivity index (χ0) is 14.5. The maximum Gasteiger partial charge on any atom is 0.209 e. The van der Waals surface area contributed by atoms with Gasteiger partial charge >= 0.3 is 0 Å². The number of nitrogens with zero attached hydrogens (tertiary/aromatic N) is 6. The van der Waals surface area contributed by atoms with Gasteiger partial charge in [-0.3, -0.25) is 0 Å². The normalized spacial score (nSPS) is 10.9. The van der Waals surface area contributed by atoms with Crippen molar-refractivity contribution in [1.82, 2.24) is 29.8 Å². The van der Waals surface area contributed by atoms with E-state index < -0.39 is 0 Å². The zero-order valence-electron chi connectivity index (χ0n) is 11.3. The number of tetrazole rings is 1. The van der Waals surface area contributed by atoms with Crippen LogP contribution >= 0.6 is 11.8 Å². The van der Waals surface area contributed by atoms with Crippen LogP contribution in [-0.2, 0) is 12.3 Å². The van der Waals surface area contributed by atoms with Gasteiger partial charge in [0.1, 0.15) is 0 Å². The van der Waals surface area contributed by atoms with E-state index in [-0.39, 0.29) is 0 Å². The van der Waals surface area contributed by atoms with Gasteiger partial charge in [-0.2, -0.15) is 0 Å². The highest BCUT2D eigenvalue weighted by atomic mass is 32.2. The Labute approximate surface area is 126 Å². The summed E-state index contributed by atoms with van der Waals surface area (Å²) in [5.41, 5.74) is 7.83. The quantitative estimate of drug-likeness (QED) is 0.686. The van der Waals surface area contributed by atoms with Crippen LogP contribution in [-0.4, -0.2) is 36.3 Å². The lowest BCUT2D eigenvalue weighted by Gasteiger charge is -2.05. The summed E-state index contributed by atoms with van der Waals surface area (Å²) in [6.45, 7) is 1.16. The van der Waals surface area contributed by atoms with Crippen LogP contribution in [0.15, 0.2) is 48.1 Å². The van der Waals surface area contributed by atoms with Gasteiger partial charge in [-0.05, 0) is 28.1 Å². The van der Waals surface area contributed by atoms with Gasteiger partial charge in [0, 0.05) is 30.4 Å². The molecule has 1 aromatic carbocycles. The molecule has 3 aromatic rings. The minimum atomic E-state index is 0.526. The molecule has 0 bridgehead atoms. The molecule has 0 fully saturated rings. The fourth-order valence-corrected chi connectivity index (χ4v) is 2.75. The summed E-state index contributed by atoms with van der Waals surface area (Å²) in [6.07, 6.45) is 5.47.